The molecule has 3 rings (SSSR count). The van der Waals surface area contributed by atoms with E-state index in [1.54, 1.807) is 24.3 Å². The lowest BCUT2D eigenvalue weighted by Gasteiger charge is -2.37. The SMILES string of the molecule is CCCC(=O)N1CC[C@H](NS(=O)(=O)c2ccc(N)c3ccccc23)[C@@H](C)C1. The van der Waals surface area contributed by atoms with Gasteiger partial charge in [0.15, 0.2) is 0 Å². The molecule has 0 saturated carbocycles. The number of benzene rings is 2. The zero-order chi connectivity index (χ0) is 19.6. The van der Waals surface area contributed by atoms with Crippen molar-refractivity contribution in [2.24, 2.45) is 5.92 Å². The molecule has 2 atom stereocenters. The van der Waals surface area contributed by atoms with E-state index in [1.165, 1.54) is 0 Å². The van der Waals surface area contributed by atoms with Crippen LogP contribution in [-0.4, -0.2) is 38.4 Å². The Morgan fingerprint density at radius 3 is 2.59 bits per heavy atom. The van der Waals surface area contributed by atoms with Crippen molar-refractivity contribution in [3.8, 4) is 0 Å². The van der Waals surface area contributed by atoms with E-state index in [-0.39, 0.29) is 22.8 Å². The van der Waals surface area contributed by atoms with Gasteiger partial charge in [0.2, 0.25) is 15.9 Å². The predicted molar refractivity (Wildman–Crippen MR) is 108 cm³/mol. The number of anilines is 1. The fourth-order valence-corrected chi connectivity index (χ4v) is 5.30. The summed E-state index contributed by atoms with van der Waals surface area (Å²) in [7, 11) is -3.69. The number of nitrogens with two attached hydrogens (primary N) is 1. The van der Waals surface area contributed by atoms with Crippen LogP contribution in [0.1, 0.15) is 33.1 Å². The van der Waals surface area contributed by atoms with Crippen molar-refractivity contribution in [2.45, 2.75) is 44.0 Å². The molecule has 2 aromatic carbocycles. The van der Waals surface area contributed by atoms with Crippen molar-refractivity contribution >= 4 is 32.4 Å². The van der Waals surface area contributed by atoms with Crippen LogP contribution in [0, 0.1) is 5.92 Å². The van der Waals surface area contributed by atoms with E-state index in [0.29, 0.717) is 37.0 Å². The molecule has 1 aliphatic heterocycles. The molecule has 0 radical (unpaired) electrons. The molecule has 0 aromatic heterocycles. The number of fused-ring (bicyclic) bond motifs is 1. The van der Waals surface area contributed by atoms with Crippen molar-refractivity contribution in [1.82, 2.24) is 9.62 Å². The molecule has 1 aliphatic rings. The van der Waals surface area contributed by atoms with Crippen LogP contribution in [0.5, 0.6) is 0 Å². The highest BCUT2D eigenvalue weighted by Crippen LogP contribution is 2.28. The number of likely N-dealkylation sites (tertiary alicyclic amines) is 1. The molecule has 0 bridgehead atoms. The van der Waals surface area contributed by atoms with E-state index < -0.39 is 10.0 Å². The van der Waals surface area contributed by atoms with Gasteiger partial charge in [-0.25, -0.2) is 13.1 Å². The number of hydrogen-bond donors (Lipinski definition) is 2. The molecule has 1 saturated heterocycles. The van der Waals surface area contributed by atoms with Gasteiger partial charge in [0, 0.05) is 42.0 Å². The number of sulfonamides is 1. The fraction of sp³-hybridized carbons (Fsp3) is 0.450. The fourth-order valence-electron chi connectivity index (χ4n) is 3.71. The molecule has 0 aliphatic carbocycles. The number of amides is 1. The van der Waals surface area contributed by atoms with Crippen molar-refractivity contribution in [1.29, 1.82) is 0 Å². The largest absolute Gasteiger partial charge is 0.398 e. The van der Waals surface area contributed by atoms with E-state index in [2.05, 4.69) is 4.72 Å². The first kappa shape index (κ1) is 19.6. The number of carbonyl (C=O) groups excluding carboxylic acids is 1. The van der Waals surface area contributed by atoms with Crippen LogP contribution in [0.15, 0.2) is 41.3 Å². The van der Waals surface area contributed by atoms with Gasteiger partial charge < -0.3 is 10.6 Å². The number of piperidine rings is 1. The zero-order valence-corrected chi connectivity index (χ0v) is 16.6. The van der Waals surface area contributed by atoms with Crippen LogP contribution in [0.2, 0.25) is 0 Å². The molecule has 1 heterocycles. The van der Waals surface area contributed by atoms with E-state index in [4.69, 9.17) is 5.73 Å². The minimum Gasteiger partial charge on any atom is -0.398 e. The number of nitrogen functional groups attached to an aromatic ring is 1. The maximum Gasteiger partial charge on any atom is 0.241 e. The molecule has 146 valence electrons. The lowest BCUT2D eigenvalue weighted by Crippen LogP contribution is -2.51. The van der Waals surface area contributed by atoms with Crippen LogP contribution in [0.25, 0.3) is 10.8 Å². The standard InChI is InChI=1S/C20H27N3O3S/c1-3-6-20(24)23-12-11-18(14(2)13-23)22-27(25,26)19-10-9-17(21)15-7-4-5-8-16(15)19/h4-5,7-10,14,18,22H,3,6,11-13,21H2,1-2H3/t14-,18-/m0/s1. The summed E-state index contributed by atoms with van der Waals surface area (Å²) in [5.74, 6) is 0.199. The Morgan fingerprint density at radius 2 is 1.93 bits per heavy atom. The molecule has 0 spiro atoms. The Hall–Kier alpha value is -2.12. The van der Waals surface area contributed by atoms with Gasteiger partial charge in [-0.2, -0.15) is 0 Å². The molecule has 27 heavy (non-hydrogen) atoms. The molecule has 3 N–H and O–H groups in total. The Kier molecular flexibility index (Phi) is 5.72. The number of rotatable bonds is 5. The highest BCUT2D eigenvalue weighted by atomic mass is 32.2. The van der Waals surface area contributed by atoms with Crippen LogP contribution >= 0.6 is 0 Å². The smallest absolute Gasteiger partial charge is 0.241 e. The lowest BCUT2D eigenvalue weighted by atomic mass is 9.94. The summed E-state index contributed by atoms with van der Waals surface area (Å²) in [6.45, 7) is 5.13. The molecular formula is C20H27N3O3S. The maximum atomic E-state index is 13.1. The summed E-state index contributed by atoms with van der Waals surface area (Å²) in [5, 5.41) is 1.35. The first-order chi connectivity index (χ1) is 12.8. The predicted octanol–water partition coefficient (Wildman–Crippen LogP) is 2.74. The Morgan fingerprint density at radius 1 is 1.22 bits per heavy atom. The highest BCUT2D eigenvalue weighted by Gasteiger charge is 2.32. The van der Waals surface area contributed by atoms with Gasteiger partial charge in [-0.15, -0.1) is 0 Å². The van der Waals surface area contributed by atoms with Crippen molar-refractivity contribution in [3.05, 3.63) is 36.4 Å². The van der Waals surface area contributed by atoms with Crippen LogP contribution in [0.4, 0.5) is 5.69 Å². The third-order valence-corrected chi connectivity index (χ3v) is 6.78. The molecule has 6 nitrogen and oxygen atoms in total. The Bertz CT molecular complexity index is 943. The Labute approximate surface area is 160 Å². The lowest BCUT2D eigenvalue weighted by molar-refractivity contribution is -0.133. The van der Waals surface area contributed by atoms with Gasteiger partial charge in [0.1, 0.15) is 0 Å². The van der Waals surface area contributed by atoms with Crippen LogP contribution in [0.3, 0.4) is 0 Å². The van der Waals surface area contributed by atoms with Gasteiger partial charge in [0.25, 0.3) is 0 Å². The third kappa shape index (κ3) is 4.09. The number of carbonyl (C=O) groups is 1. The summed E-state index contributed by atoms with van der Waals surface area (Å²) in [6.07, 6.45) is 1.98. The first-order valence-corrected chi connectivity index (χ1v) is 10.9. The average Bonchev–Trinajstić information content (AvgIpc) is 2.63. The second kappa shape index (κ2) is 7.86. The molecule has 0 unspecified atom stereocenters. The first-order valence-electron chi connectivity index (χ1n) is 9.40. The van der Waals surface area contributed by atoms with Crippen LogP contribution < -0.4 is 10.5 Å². The molecule has 1 amide bonds. The molecular weight excluding hydrogens is 362 g/mol. The van der Waals surface area contributed by atoms with Crippen molar-refractivity contribution in [2.75, 3.05) is 18.8 Å². The normalized spacial score (nSPS) is 20.7. The molecule has 1 fully saturated rings. The van der Waals surface area contributed by atoms with E-state index in [0.717, 1.165) is 11.8 Å². The third-order valence-electron chi connectivity index (χ3n) is 5.24. The van der Waals surface area contributed by atoms with E-state index >= 15 is 0 Å². The Balaban J connectivity index is 1.80. The topological polar surface area (TPSA) is 92.5 Å². The second-order valence-electron chi connectivity index (χ2n) is 7.28. The minimum absolute atomic E-state index is 0.0503. The van der Waals surface area contributed by atoms with Gasteiger partial charge >= 0.3 is 0 Å². The summed E-state index contributed by atoms with van der Waals surface area (Å²) in [6, 6.07) is 10.2. The monoisotopic (exact) mass is 389 g/mol. The summed E-state index contributed by atoms with van der Waals surface area (Å²) < 4.78 is 29.0. The zero-order valence-electron chi connectivity index (χ0n) is 15.8. The van der Waals surface area contributed by atoms with Gasteiger partial charge in [0.05, 0.1) is 4.90 Å². The summed E-state index contributed by atoms with van der Waals surface area (Å²) in [5.41, 5.74) is 6.55. The number of nitrogens with zero attached hydrogens (tertiary/aromatic N) is 1. The van der Waals surface area contributed by atoms with Gasteiger partial charge in [-0.05, 0) is 30.9 Å². The average molecular weight is 390 g/mol. The van der Waals surface area contributed by atoms with Crippen molar-refractivity contribution < 1.29 is 13.2 Å². The number of hydrogen-bond acceptors (Lipinski definition) is 4. The minimum atomic E-state index is -3.69. The summed E-state index contributed by atoms with van der Waals surface area (Å²) in [4.78, 5) is 14.2. The molecule has 2 aromatic rings. The van der Waals surface area contributed by atoms with Crippen LogP contribution in [-0.2, 0) is 14.8 Å². The van der Waals surface area contributed by atoms with Crippen molar-refractivity contribution in [3.63, 3.8) is 0 Å². The maximum absolute atomic E-state index is 13.1. The highest BCUT2D eigenvalue weighted by molar-refractivity contribution is 7.89. The van der Waals surface area contributed by atoms with Gasteiger partial charge in [-0.1, -0.05) is 38.1 Å². The molecule has 7 heteroatoms. The van der Waals surface area contributed by atoms with E-state index in [9.17, 15) is 13.2 Å². The van der Waals surface area contributed by atoms with Gasteiger partial charge in [-0.3, -0.25) is 4.79 Å². The second-order valence-corrected chi connectivity index (χ2v) is 8.96. The quantitative estimate of drug-likeness (QED) is 0.769. The summed E-state index contributed by atoms with van der Waals surface area (Å²) >= 11 is 0. The van der Waals surface area contributed by atoms with E-state index in [1.807, 2.05) is 30.9 Å². The number of nitrogens with one attached hydrogen (secondary N) is 1.